The molecule has 0 aliphatic rings. The Kier molecular flexibility index (Phi) is 12.9. The second kappa shape index (κ2) is 15.6. The van der Waals surface area contributed by atoms with Crippen LogP contribution in [0.25, 0.3) is 22.1 Å². The van der Waals surface area contributed by atoms with Gasteiger partial charge in [-0.25, -0.2) is 19.9 Å². The number of rotatable bonds is 12. The molecule has 0 amide bonds. The summed E-state index contributed by atoms with van der Waals surface area (Å²) in [6, 6.07) is 3.45. The SMILES string of the molecule is C.CCCC[C@@](C)(CC)Nc1nc(N)nc2cc(Cl)cnc12.CCCC[C@@](C)(CO)Nc1nc(N)nc2cc(N)cnc12. The van der Waals surface area contributed by atoms with Crippen LogP contribution in [0.3, 0.4) is 0 Å². The smallest absolute Gasteiger partial charge is 0.222 e. The van der Waals surface area contributed by atoms with Gasteiger partial charge in [-0.05, 0) is 45.2 Å². The van der Waals surface area contributed by atoms with Crippen molar-refractivity contribution < 1.29 is 5.11 Å². The predicted octanol–water partition coefficient (Wildman–Crippen LogP) is 6.21. The van der Waals surface area contributed by atoms with Crippen molar-refractivity contribution in [2.24, 2.45) is 0 Å². The molecule has 12 nitrogen and oxygen atoms in total. The van der Waals surface area contributed by atoms with Crippen LogP contribution in [0, 0.1) is 0 Å². The van der Waals surface area contributed by atoms with Crippen molar-refractivity contribution in [1.29, 1.82) is 0 Å². The standard InChI is InChI=1S/C15H22ClN5.C14H22N6O.CH4/c1-4-6-7-15(3,5-2)21-13-12-11(19-14(17)20-13)8-10(16)9-18-12;1-3-4-5-14(2,8-21)20-12-11-10(18-13(16)19-12)6-9(15)7-17-11;/h8-9H,4-7H2,1-3H3,(H3,17,19,20,21);6-7,21H,3-5,8,15H2,1-2H3,(H3,16,18,19,20);1H4/t15-;14-;/m10./s1. The van der Waals surface area contributed by atoms with Crippen LogP contribution in [-0.2, 0) is 0 Å². The second-order valence-corrected chi connectivity index (χ2v) is 11.5. The fourth-order valence-electron chi connectivity index (χ4n) is 4.45. The van der Waals surface area contributed by atoms with Crippen molar-refractivity contribution in [3.05, 3.63) is 29.5 Å². The topological polar surface area (TPSA) is 200 Å². The van der Waals surface area contributed by atoms with Crippen LogP contribution < -0.4 is 27.8 Å². The lowest BCUT2D eigenvalue weighted by molar-refractivity contribution is 0.212. The number of pyridine rings is 2. The number of aliphatic hydroxyl groups excluding tert-OH is 1. The predicted molar refractivity (Wildman–Crippen MR) is 180 cm³/mol. The Labute approximate surface area is 259 Å². The van der Waals surface area contributed by atoms with Gasteiger partial charge in [-0.3, -0.25) is 0 Å². The number of hydrogen-bond donors (Lipinski definition) is 6. The molecule has 9 N–H and O–H groups in total. The molecule has 4 aromatic rings. The molecule has 0 unspecified atom stereocenters. The van der Waals surface area contributed by atoms with E-state index in [1.54, 1.807) is 24.5 Å². The Morgan fingerprint density at radius 1 is 0.767 bits per heavy atom. The lowest BCUT2D eigenvalue weighted by atomic mass is 9.92. The molecule has 0 aliphatic carbocycles. The second-order valence-electron chi connectivity index (χ2n) is 11.1. The zero-order valence-electron chi connectivity index (χ0n) is 25.2. The lowest BCUT2D eigenvalue weighted by Gasteiger charge is -2.30. The van der Waals surface area contributed by atoms with Gasteiger partial charge in [0.1, 0.15) is 11.0 Å². The number of fused-ring (bicyclic) bond motifs is 2. The average molecular weight is 614 g/mol. The zero-order valence-corrected chi connectivity index (χ0v) is 26.0. The molecule has 2 atom stereocenters. The summed E-state index contributed by atoms with van der Waals surface area (Å²) in [5, 5.41) is 17.0. The highest BCUT2D eigenvalue weighted by Gasteiger charge is 2.25. The van der Waals surface area contributed by atoms with Crippen LogP contribution >= 0.6 is 11.6 Å². The summed E-state index contributed by atoms with van der Waals surface area (Å²) < 4.78 is 0. The molecule has 0 saturated heterocycles. The molecule has 236 valence electrons. The number of nitrogens with one attached hydrogen (secondary N) is 2. The number of aromatic nitrogens is 6. The summed E-state index contributed by atoms with van der Waals surface area (Å²) >= 11 is 5.97. The molecule has 0 spiro atoms. The molecule has 0 bridgehead atoms. The van der Waals surface area contributed by atoms with Crippen LogP contribution in [0.15, 0.2) is 24.5 Å². The summed E-state index contributed by atoms with van der Waals surface area (Å²) in [6.45, 7) is 10.6. The molecule has 4 aromatic heterocycles. The van der Waals surface area contributed by atoms with E-state index in [1.807, 2.05) is 6.92 Å². The number of halogens is 1. The molecule has 0 fully saturated rings. The van der Waals surface area contributed by atoms with Crippen molar-refractivity contribution in [3.63, 3.8) is 0 Å². The summed E-state index contributed by atoms with van der Waals surface area (Å²) in [5.74, 6) is 1.57. The van der Waals surface area contributed by atoms with Crippen molar-refractivity contribution in [2.45, 2.75) is 98.1 Å². The highest BCUT2D eigenvalue weighted by Crippen LogP contribution is 2.29. The van der Waals surface area contributed by atoms with Crippen LogP contribution in [0.2, 0.25) is 5.02 Å². The monoisotopic (exact) mass is 613 g/mol. The number of nitrogens with zero attached hydrogens (tertiary/aromatic N) is 6. The molecule has 0 aliphatic heterocycles. The normalized spacial score (nSPS) is 13.7. The number of nitrogen functional groups attached to an aromatic ring is 3. The first-order valence-corrected chi connectivity index (χ1v) is 14.8. The molecule has 0 aromatic carbocycles. The maximum atomic E-state index is 9.68. The van der Waals surface area contributed by atoms with Crippen molar-refractivity contribution >= 4 is 62.9 Å². The van der Waals surface area contributed by atoms with Crippen LogP contribution in [0.1, 0.15) is 87.0 Å². The van der Waals surface area contributed by atoms with E-state index in [0.717, 1.165) is 44.9 Å². The highest BCUT2D eigenvalue weighted by atomic mass is 35.5. The van der Waals surface area contributed by atoms with E-state index >= 15 is 0 Å². The summed E-state index contributed by atoms with van der Waals surface area (Å²) in [6.07, 6.45) is 10.4. The summed E-state index contributed by atoms with van der Waals surface area (Å²) in [4.78, 5) is 25.5. The summed E-state index contributed by atoms with van der Waals surface area (Å²) in [7, 11) is 0. The zero-order chi connectivity index (χ0) is 30.9. The molecule has 0 radical (unpaired) electrons. The van der Waals surface area contributed by atoms with Crippen molar-refractivity contribution in [2.75, 3.05) is 34.4 Å². The van der Waals surface area contributed by atoms with Gasteiger partial charge in [0, 0.05) is 11.7 Å². The minimum atomic E-state index is -0.479. The van der Waals surface area contributed by atoms with E-state index in [4.69, 9.17) is 28.8 Å². The van der Waals surface area contributed by atoms with Gasteiger partial charge < -0.3 is 32.9 Å². The Morgan fingerprint density at radius 3 is 1.77 bits per heavy atom. The molecule has 0 saturated carbocycles. The number of unbranched alkanes of at least 4 members (excludes halogenated alkanes) is 2. The first kappa shape index (κ1) is 35.4. The van der Waals surface area contributed by atoms with Gasteiger partial charge >= 0.3 is 0 Å². The third-order valence-corrected chi connectivity index (χ3v) is 7.43. The molecule has 13 heteroatoms. The Morgan fingerprint density at radius 2 is 1.26 bits per heavy atom. The number of anilines is 5. The minimum absolute atomic E-state index is 0. The van der Waals surface area contributed by atoms with Crippen molar-refractivity contribution in [3.8, 4) is 0 Å². The highest BCUT2D eigenvalue weighted by molar-refractivity contribution is 6.31. The van der Waals surface area contributed by atoms with E-state index in [1.165, 1.54) is 0 Å². The van der Waals surface area contributed by atoms with E-state index < -0.39 is 5.54 Å². The molecule has 4 rings (SSSR count). The van der Waals surface area contributed by atoms with Gasteiger partial charge in [0.2, 0.25) is 11.9 Å². The molecular weight excluding hydrogens is 566 g/mol. The van der Waals surface area contributed by atoms with E-state index in [0.29, 0.717) is 44.4 Å². The minimum Gasteiger partial charge on any atom is -0.397 e. The quantitative estimate of drug-likeness (QED) is 0.106. The maximum Gasteiger partial charge on any atom is 0.222 e. The van der Waals surface area contributed by atoms with Gasteiger partial charge in [0.05, 0.1) is 40.1 Å². The largest absolute Gasteiger partial charge is 0.397 e. The number of aliphatic hydroxyl groups is 1. The molecular formula is C30H48ClN11O. The lowest BCUT2D eigenvalue weighted by Crippen LogP contribution is -2.39. The first-order chi connectivity index (χ1) is 19.9. The van der Waals surface area contributed by atoms with E-state index in [9.17, 15) is 5.11 Å². The molecule has 43 heavy (non-hydrogen) atoms. The molecule has 4 heterocycles. The fourth-order valence-corrected chi connectivity index (χ4v) is 4.61. The summed E-state index contributed by atoms with van der Waals surface area (Å²) in [5.41, 5.74) is 19.8. The third-order valence-electron chi connectivity index (χ3n) is 7.23. The Hall–Kier alpha value is -3.77. The maximum absolute atomic E-state index is 9.68. The van der Waals surface area contributed by atoms with Gasteiger partial charge in [-0.1, -0.05) is 65.5 Å². The first-order valence-electron chi connectivity index (χ1n) is 14.4. The van der Waals surface area contributed by atoms with Gasteiger partial charge in [-0.15, -0.1) is 0 Å². The van der Waals surface area contributed by atoms with Crippen molar-refractivity contribution in [1.82, 2.24) is 29.9 Å². The number of nitrogens with two attached hydrogens (primary N) is 3. The third kappa shape index (κ3) is 9.62. The van der Waals surface area contributed by atoms with Gasteiger partial charge in [0.25, 0.3) is 0 Å². The van der Waals surface area contributed by atoms with Gasteiger partial charge in [0.15, 0.2) is 11.6 Å². The Balaban J connectivity index is 0.000000293. The van der Waals surface area contributed by atoms with E-state index in [2.05, 4.69) is 68.2 Å². The van der Waals surface area contributed by atoms with Crippen LogP contribution in [0.5, 0.6) is 0 Å². The van der Waals surface area contributed by atoms with Crippen LogP contribution in [0.4, 0.5) is 29.2 Å². The fraction of sp³-hybridized carbons (Fsp3) is 0.533. The Bertz CT molecular complexity index is 1370. The number of hydrogen-bond acceptors (Lipinski definition) is 12. The van der Waals surface area contributed by atoms with Gasteiger partial charge in [-0.2, -0.15) is 9.97 Å². The average Bonchev–Trinajstić information content (AvgIpc) is 2.94. The van der Waals surface area contributed by atoms with Crippen LogP contribution in [-0.4, -0.2) is 52.7 Å². The van der Waals surface area contributed by atoms with E-state index in [-0.39, 0.29) is 31.5 Å².